The van der Waals surface area contributed by atoms with E-state index in [-0.39, 0.29) is 11.4 Å². The predicted octanol–water partition coefficient (Wildman–Crippen LogP) is 3.73. The van der Waals surface area contributed by atoms with E-state index in [0.29, 0.717) is 0 Å². The molecule has 0 spiro atoms. The molecule has 2 nitrogen and oxygen atoms in total. The van der Waals surface area contributed by atoms with Gasteiger partial charge in [-0.2, -0.15) is 0 Å². The molecule has 2 aromatic carbocycles. The molecule has 1 saturated carbocycles. The van der Waals surface area contributed by atoms with Crippen LogP contribution in [0.1, 0.15) is 24.8 Å². The Morgan fingerprint density at radius 2 is 1.89 bits per heavy atom. The molecule has 1 aliphatic carbocycles. The van der Waals surface area contributed by atoms with E-state index in [1.165, 1.54) is 23.4 Å². The maximum Gasteiger partial charge on any atom is 0.312 e. The maximum atomic E-state index is 12.0. The normalized spacial score (nSPS) is 16.9. The summed E-state index contributed by atoms with van der Waals surface area (Å²) in [6, 6.07) is 14.7. The number of methoxy groups -OCH3 is 1. The molecule has 0 aromatic heterocycles. The quantitative estimate of drug-likeness (QED) is 0.780. The van der Waals surface area contributed by atoms with E-state index in [0.717, 1.165) is 25.7 Å². The van der Waals surface area contributed by atoms with Gasteiger partial charge < -0.3 is 4.74 Å². The summed E-state index contributed by atoms with van der Waals surface area (Å²) in [6.07, 6.45) is 3.81. The first-order chi connectivity index (χ1) is 9.25. The fourth-order valence-corrected chi connectivity index (χ4v) is 3.08. The van der Waals surface area contributed by atoms with Gasteiger partial charge in [-0.25, -0.2) is 0 Å². The van der Waals surface area contributed by atoms with Crippen LogP contribution in [0.25, 0.3) is 10.8 Å². The van der Waals surface area contributed by atoms with Crippen molar-refractivity contribution in [1.29, 1.82) is 0 Å². The average molecular weight is 254 g/mol. The van der Waals surface area contributed by atoms with Gasteiger partial charge in [-0.15, -0.1) is 0 Å². The van der Waals surface area contributed by atoms with Gasteiger partial charge in [0.2, 0.25) is 0 Å². The summed E-state index contributed by atoms with van der Waals surface area (Å²) >= 11 is 0. The monoisotopic (exact) mass is 254 g/mol. The van der Waals surface area contributed by atoms with E-state index < -0.39 is 0 Å². The Morgan fingerprint density at radius 3 is 2.58 bits per heavy atom. The number of fused-ring (bicyclic) bond motifs is 1. The number of rotatable bonds is 3. The number of hydrogen-bond donors (Lipinski definition) is 0. The first kappa shape index (κ1) is 12.2. The molecule has 2 aromatic rings. The molecule has 3 rings (SSSR count). The zero-order valence-corrected chi connectivity index (χ0v) is 11.2. The van der Waals surface area contributed by atoms with Gasteiger partial charge in [-0.1, -0.05) is 48.9 Å². The standard InChI is InChI=1S/C17H18O2/c1-19-16(18)17(10-5-11-17)12-14-8-4-7-13-6-2-3-9-15(13)14/h2-4,6-9H,5,10-12H2,1H3. The first-order valence-electron chi connectivity index (χ1n) is 6.80. The van der Waals surface area contributed by atoms with E-state index in [1.807, 2.05) is 6.07 Å². The van der Waals surface area contributed by atoms with Crippen LogP contribution in [0, 0.1) is 5.41 Å². The van der Waals surface area contributed by atoms with Gasteiger partial charge in [0, 0.05) is 0 Å². The van der Waals surface area contributed by atoms with E-state index in [4.69, 9.17) is 4.74 Å². The fourth-order valence-electron chi connectivity index (χ4n) is 3.08. The van der Waals surface area contributed by atoms with Gasteiger partial charge in [-0.05, 0) is 35.6 Å². The van der Waals surface area contributed by atoms with E-state index in [9.17, 15) is 4.79 Å². The van der Waals surface area contributed by atoms with Gasteiger partial charge in [0.1, 0.15) is 0 Å². The number of esters is 1. The third-order valence-corrected chi connectivity index (χ3v) is 4.34. The average Bonchev–Trinajstić information content (AvgIpc) is 2.42. The molecule has 1 fully saturated rings. The molecule has 0 unspecified atom stereocenters. The Bertz CT molecular complexity index is 606. The smallest absolute Gasteiger partial charge is 0.312 e. The lowest BCUT2D eigenvalue weighted by molar-refractivity contribution is -0.158. The van der Waals surface area contributed by atoms with Crippen molar-refractivity contribution in [3.05, 3.63) is 48.0 Å². The van der Waals surface area contributed by atoms with Crippen LogP contribution >= 0.6 is 0 Å². The number of ether oxygens (including phenoxy) is 1. The summed E-state index contributed by atoms with van der Waals surface area (Å²) in [5, 5.41) is 2.49. The lowest BCUT2D eigenvalue weighted by atomic mass is 9.65. The molecular formula is C17H18O2. The predicted molar refractivity (Wildman–Crippen MR) is 76.0 cm³/mol. The highest BCUT2D eigenvalue weighted by Gasteiger charge is 2.45. The van der Waals surface area contributed by atoms with Crippen LogP contribution in [0.2, 0.25) is 0 Å². The molecular weight excluding hydrogens is 236 g/mol. The SMILES string of the molecule is COC(=O)C1(Cc2cccc3ccccc23)CCC1. The molecule has 0 bridgehead atoms. The van der Waals surface area contributed by atoms with Crippen molar-refractivity contribution >= 4 is 16.7 Å². The Kier molecular flexibility index (Phi) is 3.02. The molecule has 0 radical (unpaired) electrons. The molecule has 98 valence electrons. The Hall–Kier alpha value is -1.83. The fraction of sp³-hybridized carbons (Fsp3) is 0.353. The minimum atomic E-state index is -0.279. The topological polar surface area (TPSA) is 26.3 Å². The summed E-state index contributed by atoms with van der Waals surface area (Å²) in [6.45, 7) is 0. The molecule has 0 heterocycles. The van der Waals surface area contributed by atoms with Crippen molar-refractivity contribution in [2.45, 2.75) is 25.7 Å². The third-order valence-electron chi connectivity index (χ3n) is 4.34. The summed E-state index contributed by atoms with van der Waals surface area (Å²) in [5.41, 5.74) is 0.974. The van der Waals surface area contributed by atoms with Crippen molar-refractivity contribution in [3.8, 4) is 0 Å². The van der Waals surface area contributed by atoms with Crippen LogP contribution in [-0.2, 0) is 16.0 Å². The first-order valence-corrected chi connectivity index (χ1v) is 6.80. The van der Waals surface area contributed by atoms with Gasteiger partial charge in [-0.3, -0.25) is 4.79 Å². The highest BCUT2D eigenvalue weighted by atomic mass is 16.5. The molecule has 1 aliphatic rings. The molecule has 2 heteroatoms. The second-order valence-electron chi connectivity index (χ2n) is 5.44. The Morgan fingerprint density at radius 1 is 1.16 bits per heavy atom. The summed E-state index contributed by atoms with van der Waals surface area (Å²) < 4.78 is 5.00. The number of benzene rings is 2. The second-order valence-corrected chi connectivity index (χ2v) is 5.44. The third kappa shape index (κ3) is 2.01. The van der Waals surface area contributed by atoms with E-state index in [1.54, 1.807) is 0 Å². The van der Waals surface area contributed by atoms with Gasteiger partial charge >= 0.3 is 5.97 Å². The van der Waals surface area contributed by atoms with Crippen molar-refractivity contribution in [2.75, 3.05) is 7.11 Å². The zero-order chi connectivity index (χ0) is 13.3. The molecule has 0 N–H and O–H groups in total. The minimum absolute atomic E-state index is 0.0494. The Labute approximate surface area is 113 Å². The molecule has 0 saturated heterocycles. The summed E-state index contributed by atoms with van der Waals surface area (Å²) in [5.74, 6) is -0.0494. The number of hydrogen-bond acceptors (Lipinski definition) is 2. The summed E-state index contributed by atoms with van der Waals surface area (Å²) in [4.78, 5) is 12.0. The van der Waals surface area contributed by atoms with Crippen LogP contribution in [-0.4, -0.2) is 13.1 Å². The van der Waals surface area contributed by atoms with E-state index in [2.05, 4.69) is 36.4 Å². The van der Waals surface area contributed by atoms with Crippen molar-refractivity contribution < 1.29 is 9.53 Å². The molecule has 0 amide bonds. The minimum Gasteiger partial charge on any atom is -0.469 e. The van der Waals surface area contributed by atoms with Crippen molar-refractivity contribution in [3.63, 3.8) is 0 Å². The van der Waals surface area contributed by atoms with Gasteiger partial charge in [0.25, 0.3) is 0 Å². The highest BCUT2D eigenvalue weighted by molar-refractivity contribution is 5.87. The largest absolute Gasteiger partial charge is 0.469 e. The molecule has 19 heavy (non-hydrogen) atoms. The van der Waals surface area contributed by atoms with Crippen molar-refractivity contribution in [2.24, 2.45) is 5.41 Å². The van der Waals surface area contributed by atoms with Gasteiger partial charge in [0.05, 0.1) is 12.5 Å². The Balaban J connectivity index is 1.99. The maximum absolute atomic E-state index is 12.0. The number of carbonyl (C=O) groups is 1. The van der Waals surface area contributed by atoms with Crippen LogP contribution in [0.15, 0.2) is 42.5 Å². The van der Waals surface area contributed by atoms with Crippen LogP contribution in [0.3, 0.4) is 0 Å². The second kappa shape index (κ2) is 4.69. The van der Waals surface area contributed by atoms with Gasteiger partial charge in [0.15, 0.2) is 0 Å². The van der Waals surface area contributed by atoms with Crippen LogP contribution in [0.4, 0.5) is 0 Å². The van der Waals surface area contributed by atoms with E-state index >= 15 is 0 Å². The van der Waals surface area contributed by atoms with Crippen LogP contribution in [0.5, 0.6) is 0 Å². The zero-order valence-electron chi connectivity index (χ0n) is 11.2. The lowest BCUT2D eigenvalue weighted by Crippen LogP contribution is -2.40. The van der Waals surface area contributed by atoms with Crippen molar-refractivity contribution in [1.82, 2.24) is 0 Å². The number of carbonyl (C=O) groups excluding carboxylic acids is 1. The summed E-state index contributed by atoms with van der Waals surface area (Å²) in [7, 11) is 1.49. The molecule has 0 atom stereocenters. The molecule has 0 aliphatic heterocycles. The van der Waals surface area contributed by atoms with Crippen LogP contribution < -0.4 is 0 Å². The lowest BCUT2D eigenvalue weighted by Gasteiger charge is -2.39. The highest BCUT2D eigenvalue weighted by Crippen LogP contribution is 2.45.